The topological polar surface area (TPSA) is 75.8 Å². The molecule has 1 unspecified atom stereocenters. The minimum Gasteiger partial charge on any atom is -0.486 e. The molecule has 6 rings (SSSR count). The van der Waals surface area contributed by atoms with Crippen LogP contribution >= 0.6 is 0 Å². The molecule has 37 heavy (non-hydrogen) atoms. The summed E-state index contributed by atoms with van der Waals surface area (Å²) in [5, 5.41) is 6.38. The number of hydrogen-bond donors (Lipinski definition) is 2. The summed E-state index contributed by atoms with van der Waals surface area (Å²) in [5.41, 5.74) is 3.19. The molecule has 2 aliphatic rings. The summed E-state index contributed by atoms with van der Waals surface area (Å²) in [4.78, 5) is 18.3. The quantitative estimate of drug-likeness (QED) is 0.293. The van der Waals surface area contributed by atoms with Gasteiger partial charge in [0.15, 0.2) is 11.5 Å². The lowest BCUT2D eigenvalue weighted by molar-refractivity contribution is 0.150. The van der Waals surface area contributed by atoms with E-state index in [4.69, 9.17) is 14.2 Å². The lowest BCUT2D eigenvalue weighted by Crippen LogP contribution is -2.44. The molecule has 3 aromatic carbocycles. The molecular weight excluding hydrogens is 466 g/mol. The molecule has 0 bridgehead atoms. The van der Waals surface area contributed by atoms with Crippen molar-refractivity contribution in [2.75, 3.05) is 46.6 Å². The number of rotatable bonds is 7. The van der Waals surface area contributed by atoms with Gasteiger partial charge in [-0.3, -0.25) is 9.69 Å². The van der Waals surface area contributed by atoms with Crippen LogP contribution in [0.25, 0.3) is 21.7 Å². The van der Waals surface area contributed by atoms with Gasteiger partial charge in [-0.15, -0.1) is 0 Å². The van der Waals surface area contributed by atoms with E-state index in [1.54, 1.807) is 7.11 Å². The van der Waals surface area contributed by atoms with E-state index >= 15 is 0 Å². The smallest absolute Gasteiger partial charge is 0.256 e. The Kier molecular flexibility index (Phi) is 6.83. The van der Waals surface area contributed by atoms with Crippen molar-refractivity contribution in [3.05, 3.63) is 82.1 Å². The first-order valence-corrected chi connectivity index (χ1v) is 13.1. The number of nitrogens with one attached hydrogen (secondary N) is 2. The Balaban J connectivity index is 1.39. The number of fused-ring (bicyclic) bond motifs is 4. The SMILES string of the molecule is COCCNC1CCN(C(c2ccc3c(c2)OCCO3)c2ccc3[nH]c(=O)c4ccccc4c3c2)CC1. The molecule has 0 saturated carbocycles. The van der Waals surface area contributed by atoms with Crippen LogP contribution in [0, 0.1) is 0 Å². The van der Waals surface area contributed by atoms with Crippen molar-refractivity contribution in [1.82, 2.24) is 15.2 Å². The largest absolute Gasteiger partial charge is 0.486 e. The summed E-state index contributed by atoms with van der Waals surface area (Å²) in [6.45, 7) is 4.71. The van der Waals surface area contributed by atoms with E-state index in [9.17, 15) is 4.79 Å². The molecule has 2 N–H and O–H groups in total. The van der Waals surface area contributed by atoms with Gasteiger partial charge >= 0.3 is 0 Å². The second kappa shape index (κ2) is 10.5. The summed E-state index contributed by atoms with van der Waals surface area (Å²) < 4.78 is 17.0. The Hall–Kier alpha value is -3.39. The van der Waals surface area contributed by atoms with Crippen molar-refractivity contribution >= 4 is 21.7 Å². The van der Waals surface area contributed by atoms with Gasteiger partial charge in [0, 0.05) is 49.1 Å². The summed E-state index contributed by atoms with van der Waals surface area (Å²) >= 11 is 0. The van der Waals surface area contributed by atoms with E-state index in [2.05, 4.69) is 39.5 Å². The summed E-state index contributed by atoms with van der Waals surface area (Å²) in [6, 6.07) is 21.2. The Morgan fingerprint density at radius 3 is 2.49 bits per heavy atom. The summed E-state index contributed by atoms with van der Waals surface area (Å²) in [5.74, 6) is 1.61. The third kappa shape index (κ3) is 4.82. The highest BCUT2D eigenvalue weighted by atomic mass is 16.6. The predicted molar refractivity (Wildman–Crippen MR) is 146 cm³/mol. The van der Waals surface area contributed by atoms with Crippen molar-refractivity contribution in [2.45, 2.75) is 24.9 Å². The molecule has 1 saturated heterocycles. The average molecular weight is 500 g/mol. The molecule has 1 aromatic heterocycles. The number of piperidine rings is 1. The third-order valence-corrected chi connectivity index (χ3v) is 7.59. The molecule has 0 radical (unpaired) electrons. The highest BCUT2D eigenvalue weighted by Crippen LogP contribution is 2.38. The van der Waals surface area contributed by atoms with E-state index in [-0.39, 0.29) is 11.6 Å². The fraction of sp³-hybridized carbons (Fsp3) is 0.367. The first-order valence-electron chi connectivity index (χ1n) is 13.1. The van der Waals surface area contributed by atoms with Gasteiger partial charge in [-0.1, -0.05) is 30.3 Å². The number of aromatic nitrogens is 1. The minimum absolute atomic E-state index is 0.0534. The van der Waals surface area contributed by atoms with Gasteiger partial charge in [-0.25, -0.2) is 0 Å². The molecule has 4 aromatic rings. The van der Waals surface area contributed by atoms with Gasteiger partial charge in [-0.05, 0) is 59.7 Å². The molecule has 3 heterocycles. The maximum absolute atomic E-state index is 12.6. The predicted octanol–water partition coefficient (Wildman–Crippen LogP) is 4.24. The molecule has 0 aliphatic carbocycles. The third-order valence-electron chi connectivity index (χ3n) is 7.59. The zero-order valence-corrected chi connectivity index (χ0v) is 21.2. The number of aromatic amines is 1. The second-order valence-electron chi connectivity index (χ2n) is 9.87. The van der Waals surface area contributed by atoms with Gasteiger partial charge < -0.3 is 24.5 Å². The van der Waals surface area contributed by atoms with Gasteiger partial charge in [0.05, 0.1) is 12.6 Å². The van der Waals surface area contributed by atoms with E-state index < -0.39 is 0 Å². The van der Waals surface area contributed by atoms with Gasteiger partial charge in [-0.2, -0.15) is 0 Å². The molecule has 1 fully saturated rings. The number of pyridine rings is 1. The molecule has 7 nitrogen and oxygen atoms in total. The maximum atomic E-state index is 12.6. The van der Waals surface area contributed by atoms with E-state index in [0.29, 0.717) is 24.6 Å². The fourth-order valence-electron chi connectivity index (χ4n) is 5.74. The molecule has 0 amide bonds. The van der Waals surface area contributed by atoms with Crippen molar-refractivity contribution < 1.29 is 14.2 Å². The number of nitrogens with zero attached hydrogens (tertiary/aromatic N) is 1. The highest BCUT2D eigenvalue weighted by Gasteiger charge is 2.29. The first-order chi connectivity index (χ1) is 18.2. The van der Waals surface area contributed by atoms with Crippen LogP contribution < -0.4 is 20.3 Å². The van der Waals surface area contributed by atoms with Crippen LogP contribution in [0.4, 0.5) is 0 Å². The first kappa shape index (κ1) is 24.0. The number of methoxy groups -OCH3 is 1. The zero-order valence-electron chi connectivity index (χ0n) is 21.2. The van der Waals surface area contributed by atoms with E-state index in [1.165, 1.54) is 11.1 Å². The standard InChI is InChI=1S/C30H33N3O4/c1-35-15-12-31-22-10-13-33(14-11-22)29(21-7-9-27-28(19-21)37-17-16-36-27)20-6-8-26-25(18-20)23-4-2-3-5-24(23)30(34)32-26/h2-9,18-19,22,29,31H,10-17H2,1H3,(H,32,34). The zero-order chi connectivity index (χ0) is 25.2. The van der Waals surface area contributed by atoms with Crippen molar-refractivity contribution in [3.63, 3.8) is 0 Å². The Morgan fingerprint density at radius 2 is 1.68 bits per heavy atom. The second-order valence-corrected chi connectivity index (χ2v) is 9.87. The van der Waals surface area contributed by atoms with Crippen LogP contribution in [0.15, 0.2) is 65.5 Å². The van der Waals surface area contributed by atoms with Crippen LogP contribution in [0.2, 0.25) is 0 Å². The van der Waals surface area contributed by atoms with Crippen molar-refractivity contribution in [1.29, 1.82) is 0 Å². The van der Waals surface area contributed by atoms with Crippen LogP contribution in [0.5, 0.6) is 11.5 Å². The van der Waals surface area contributed by atoms with Crippen LogP contribution in [-0.2, 0) is 4.74 Å². The number of hydrogen-bond acceptors (Lipinski definition) is 6. The number of likely N-dealkylation sites (tertiary alicyclic amines) is 1. The number of ether oxygens (including phenoxy) is 3. The monoisotopic (exact) mass is 499 g/mol. The summed E-state index contributed by atoms with van der Waals surface area (Å²) in [6.07, 6.45) is 2.16. The fourth-order valence-corrected chi connectivity index (χ4v) is 5.74. The Bertz CT molecular complexity index is 1460. The normalized spacial score (nSPS) is 17.3. The van der Waals surface area contributed by atoms with Crippen LogP contribution in [0.1, 0.15) is 30.0 Å². The van der Waals surface area contributed by atoms with Crippen LogP contribution in [0.3, 0.4) is 0 Å². The average Bonchev–Trinajstić information content (AvgIpc) is 2.94. The van der Waals surface area contributed by atoms with Crippen molar-refractivity contribution in [2.24, 2.45) is 0 Å². The van der Waals surface area contributed by atoms with Crippen LogP contribution in [-0.4, -0.2) is 62.5 Å². The minimum atomic E-state index is -0.0534. The molecule has 0 spiro atoms. The Morgan fingerprint density at radius 1 is 0.946 bits per heavy atom. The summed E-state index contributed by atoms with van der Waals surface area (Å²) in [7, 11) is 1.74. The van der Waals surface area contributed by atoms with E-state index in [0.717, 1.165) is 66.9 Å². The molecule has 192 valence electrons. The lowest BCUT2D eigenvalue weighted by atomic mass is 9.92. The van der Waals surface area contributed by atoms with E-state index in [1.807, 2.05) is 36.4 Å². The van der Waals surface area contributed by atoms with Gasteiger partial charge in [0.1, 0.15) is 13.2 Å². The Labute approximate surface area is 216 Å². The number of H-pyrrole nitrogens is 1. The molecule has 1 atom stereocenters. The molecule has 2 aliphatic heterocycles. The van der Waals surface area contributed by atoms with Gasteiger partial charge in [0.2, 0.25) is 0 Å². The number of benzene rings is 3. The molecule has 7 heteroatoms. The highest BCUT2D eigenvalue weighted by molar-refractivity contribution is 6.05. The maximum Gasteiger partial charge on any atom is 0.256 e. The van der Waals surface area contributed by atoms with Crippen molar-refractivity contribution in [3.8, 4) is 11.5 Å². The molecular formula is C30H33N3O4. The lowest BCUT2D eigenvalue weighted by Gasteiger charge is -2.38. The van der Waals surface area contributed by atoms with Gasteiger partial charge in [0.25, 0.3) is 5.56 Å².